The Labute approximate surface area is 123 Å². The molecule has 1 unspecified atom stereocenters. The number of hydrogen-bond donors (Lipinski definition) is 2. The summed E-state index contributed by atoms with van der Waals surface area (Å²) in [5.41, 5.74) is 4.02. The van der Waals surface area contributed by atoms with Crippen LogP contribution in [0.2, 0.25) is 0 Å². The van der Waals surface area contributed by atoms with Crippen LogP contribution in [0, 0.1) is 0 Å². The number of hydrogen-bond acceptors (Lipinski definition) is 2. The molecule has 2 nitrogen and oxygen atoms in total. The molecule has 0 bridgehead atoms. The Morgan fingerprint density at radius 2 is 2.00 bits per heavy atom. The van der Waals surface area contributed by atoms with Gasteiger partial charge in [-0.05, 0) is 43.7 Å². The molecule has 1 aliphatic rings. The molecule has 0 heterocycles. The Bertz CT molecular complexity index is 495. The van der Waals surface area contributed by atoms with Crippen LogP contribution < -0.4 is 11.3 Å². The van der Waals surface area contributed by atoms with Gasteiger partial charge in [-0.3, -0.25) is 11.3 Å². The van der Waals surface area contributed by atoms with E-state index in [1.165, 1.54) is 30.5 Å². The Balaban J connectivity index is 2.13. The second kappa shape index (κ2) is 7.09. The third kappa shape index (κ3) is 4.58. The van der Waals surface area contributed by atoms with Gasteiger partial charge in [-0.2, -0.15) is 13.2 Å². The summed E-state index contributed by atoms with van der Waals surface area (Å²) in [5, 5.41) is 0. The molecular weight excluding hydrogens is 277 g/mol. The Kier molecular flexibility index (Phi) is 5.42. The molecule has 1 aromatic carbocycles. The first kappa shape index (κ1) is 16.0. The van der Waals surface area contributed by atoms with E-state index >= 15 is 0 Å². The van der Waals surface area contributed by atoms with Gasteiger partial charge < -0.3 is 0 Å². The molecule has 0 radical (unpaired) electrons. The predicted molar refractivity (Wildman–Crippen MR) is 77.4 cm³/mol. The summed E-state index contributed by atoms with van der Waals surface area (Å²) >= 11 is 0. The van der Waals surface area contributed by atoms with Crippen molar-refractivity contribution >= 4 is 0 Å². The maximum absolute atomic E-state index is 12.7. The third-order valence-electron chi connectivity index (χ3n) is 3.92. The van der Waals surface area contributed by atoms with Crippen molar-refractivity contribution in [2.75, 3.05) is 0 Å². The van der Waals surface area contributed by atoms with Crippen LogP contribution in [0.3, 0.4) is 0 Å². The molecule has 0 saturated carbocycles. The first-order chi connectivity index (χ1) is 10.0. The van der Waals surface area contributed by atoms with Crippen molar-refractivity contribution in [3.8, 4) is 0 Å². The maximum atomic E-state index is 12.7. The summed E-state index contributed by atoms with van der Waals surface area (Å²) in [6, 6.07) is 5.39. The zero-order valence-corrected chi connectivity index (χ0v) is 11.9. The molecule has 2 rings (SSSR count). The summed E-state index contributed by atoms with van der Waals surface area (Å²) in [6.07, 6.45) is 3.84. The highest BCUT2D eigenvalue weighted by atomic mass is 19.4. The summed E-state index contributed by atoms with van der Waals surface area (Å²) in [7, 11) is 0. The lowest BCUT2D eigenvalue weighted by Gasteiger charge is -2.20. The number of rotatable bonds is 4. The van der Waals surface area contributed by atoms with Crippen LogP contribution in [0.25, 0.3) is 0 Å². The molecule has 0 aromatic heterocycles. The van der Waals surface area contributed by atoms with Gasteiger partial charge in [0.05, 0.1) is 5.56 Å². The van der Waals surface area contributed by atoms with E-state index in [4.69, 9.17) is 5.84 Å². The minimum Gasteiger partial charge on any atom is -0.271 e. The molecule has 0 amide bonds. The first-order valence-electron chi connectivity index (χ1n) is 7.32. The number of nitrogens with one attached hydrogen (secondary N) is 1. The number of alkyl halides is 3. The standard InChI is InChI=1S/C16H21F3N2/c17-16(18,19)14-9-5-6-12(10-14)11-15(21-20)13-7-3-1-2-4-8-13/h5-7,9-10,15,21H,1-4,8,11,20H2. The molecule has 0 saturated heterocycles. The van der Waals surface area contributed by atoms with Crippen molar-refractivity contribution in [3.63, 3.8) is 0 Å². The van der Waals surface area contributed by atoms with Crippen molar-refractivity contribution < 1.29 is 13.2 Å². The topological polar surface area (TPSA) is 38.0 Å². The SMILES string of the molecule is NNC(Cc1cccc(C(F)(F)F)c1)C1=CCCCCC1. The molecule has 0 spiro atoms. The van der Waals surface area contributed by atoms with E-state index in [0.717, 1.165) is 25.3 Å². The summed E-state index contributed by atoms with van der Waals surface area (Å²) in [4.78, 5) is 0. The minimum atomic E-state index is -4.30. The minimum absolute atomic E-state index is 0.0911. The van der Waals surface area contributed by atoms with Gasteiger partial charge in [0, 0.05) is 6.04 Å². The van der Waals surface area contributed by atoms with E-state index in [1.54, 1.807) is 6.07 Å². The number of hydrazine groups is 1. The Morgan fingerprint density at radius 1 is 1.19 bits per heavy atom. The lowest BCUT2D eigenvalue weighted by Crippen LogP contribution is -2.38. The molecule has 1 aromatic rings. The number of halogens is 3. The van der Waals surface area contributed by atoms with Crippen molar-refractivity contribution in [3.05, 3.63) is 47.0 Å². The summed E-state index contributed by atoms with van der Waals surface area (Å²) < 4.78 is 38.2. The number of nitrogens with two attached hydrogens (primary N) is 1. The van der Waals surface area contributed by atoms with E-state index in [-0.39, 0.29) is 6.04 Å². The van der Waals surface area contributed by atoms with Gasteiger partial charge in [0.1, 0.15) is 0 Å². The average Bonchev–Trinajstić information content (AvgIpc) is 2.73. The van der Waals surface area contributed by atoms with Crippen molar-refractivity contribution in [2.24, 2.45) is 5.84 Å². The first-order valence-corrected chi connectivity index (χ1v) is 7.32. The van der Waals surface area contributed by atoms with E-state index in [9.17, 15) is 13.2 Å². The normalized spacial score (nSPS) is 18.0. The fraction of sp³-hybridized carbons (Fsp3) is 0.500. The van der Waals surface area contributed by atoms with Crippen LogP contribution in [-0.4, -0.2) is 6.04 Å². The number of allylic oxidation sites excluding steroid dienone is 1. The Hall–Kier alpha value is -1.33. The van der Waals surface area contributed by atoms with E-state index < -0.39 is 11.7 Å². The zero-order valence-electron chi connectivity index (χ0n) is 11.9. The lowest BCUT2D eigenvalue weighted by molar-refractivity contribution is -0.137. The molecule has 116 valence electrons. The fourth-order valence-electron chi connectivity index (χ4n) is 2.76. The molecule has 1 aliphatic carbocycles. The van der Waals surface area contributed by atoms with Crippen molar-refractivity contribution in [2.45, 2.75) is 50.7 Å². The van der Waals surface area contributed by atoms with Crippen molar-refractivity contribution in [1.29, 1.82) is 0 Å². The fourth-order valence-corrected chi connectivity index (χ4v) is 2.76. The van der Waals surface area contributed by atoms with Crippen molar-refractivity contribution in [1.82, 2.24) is 5.43 Å². The molecule has 5 heteroatoms. The van der Waals surface area contributed by atoms with Crippen LogP contribution in [0.5, 0.6) is 0 Å². The van der Waals surface area contributed by atoms with E-state index in [0.29, 0.717) is 12.0 Å². The van der Waals surface area contributed by atoms with E-state index in [2.05, 4.69) is 11.5 Å². The lowest BCUT2D eigenvalue weighted by atomic mass is 9.95. The quantitative estimate of drug-likeness (QED) is 0.501. The highest BCUT2D eigenvalue weighted by Crippen LogP contribution is 2.30. The second-order valence-corrected chi connectivity index (χ2v) is 5.50. The molecule has 1 atom stereocenters. The smallest absolute Gasteiger partial charge is 0.271 e. The third-order valence-corrected chi connectivity index (χ3v) is 3.92. The Morgan fingerprint density at radius 3 is 2.71 bits per heavy atom. The van der Waals surface area contributed by atoms with Gasteiger partial charge in [0.2, 0.25) is 0 Å². The molecular formula is C16H21F3N2. The summed E-state index contributed by atoms with van der Waals surface area (Å²) in [5.74, 6) is 5.61. The molecule has 3 N–H and O–H groups in total. The van der Waals surface area contributed by atoms with Crippen LogP contribution >= 0.6 is 0 Å². The monoisotopic (exact) mass is 298 g/mol. The zero-order chi connectivity index (χ0) is 15.3. The number of benzene rings is 1. The van der Waals surface area contributed by atoms with Gasteiger partial charge in [-0.15, -0.1) is 0 Å². The van der Waals surface area contributed by atoms with Gasteiger partial charge in [0.25, 0.3) is 0 Å². The van der Waals surface area contributed by atoms with Crippen LogP contribution in [0.1, 0.15) is 43.2 Å². The predicted octanol–water partition coefficient (Wildman–Crippen LogP) is 3.97. The van der Waals surface area contributed by atoms with E-state index in [1.807, 2.05) is 0 Å². The van der Waals surface area contributed by atoms with Gasteiger partial charge in [-0.25, -0.2) is 0 Å². The highest BCUT2D eigenvalue weighted by molar-refractivity contribution is 5.28. The summed E-state index contributed by atoms with van der Waals surface area (Å²) in [6.45, 7) is 0. The molecule has 0 fully saturated rings. The van der Waals surface area contributed by atoms with Gasteiger partial charge in [0.15, 0.2) is 0 Å². The molecule has 21 heavy (non-hydrogen) atoms. The van der Waals surface area contributed by atoms with Gasteiger partial charge >= 0.3 is 6.18 Å². The maximum Gasteiger partial charge on any atom is 0.416 e. The van der Waals surface area contributed by atoms with Gasteiger partial charge in [-0.1, -0.05) is 36.3 Å². The largest absolute Gasteiger partial charge is 0.416 e. The average molecular weight is 298 g/mol. The van der Waals surface area contributed by atoms with Crippen LogP contribution in [0.4, 0.5) is 13.2 Å². The van der Waals surface area contributed by atoms with Crippen LogP contribution in [-0.2, 0) is 12.6 Å². The highest BCUT2D eigenvalue weighted by Gasteiger charge is 2.30. The van der Waals surface area contributed by atoms with Crippen LogP contribution in [0.15, 0.2) is 35.9 Å². The second-order valence-electron chi connectivity index (χ2n) is 5.50. The molecule has 0 aliphatic heterocycles.